The maximum Gasteiger partial charge on any atom is 0.416 e. The number of hydrogen-bond donors (Lipinski definition) is 0. The number of aromatic nitrogens is 2. The molecule has 2 aliphatic heterocycles. The minimum absolute atomic E-state index is 0.145. The average Bonchev–Trinajstić information content (AvgIpc) is 3.66. The minimum atomic E-state index is -4.39. The third-order valence-corrected chi connectivity index (χ3v) is 8.53. The van der Waals surface area contributed by atoms with E-state index < -0.39 is 11.7 Å². The van der Waals surface area contributed by atoms with Crippen molar-refractivity contribution in [1.82, 2.24) is 19.6 Å². The number of fused-ring (bicyclic) bond motifs is 1. The maximum absolute atomic E-state index is 13.8. The highest BCUT2D eigenvalue weighted by atomic mass is 19.4. The van der Waals surface area contributed by atoms with Crippen molar-refractivity contribution in [2.24, 2.45) is 11.8 Å². The fraction of sp³-hybridized carbons (Fsp3) is 0.593. The van der Waals surface area contributed by atoms with Crippen molar-refractivity contribution in [1.29, 1.82) is 0 Å². The molecular formula is C27H35F3N6O2. The van der Waals surface area contributed by atoms with Gasteiger partial charge in [-0.3, -0.25) is 9.69 Å². The third kappa shape index (κ3) is 5.25. The Bertz CT molecular complexity index is 1180. The number of nitrogens with zero attached hydrogens (tertiary/aromatic N) is 6. The molecule has 3 aliphatic rings. The number of hydrogen-bond acceptors (Lipinski definition) is 5. The number of anilines is 2. The molecule has 0 radical (unpaired) electrons. The molecule has 2 saturated heterocycles. The maximum atomic E-state index is 13.8. The normalized spacial score (nSPS) is 23.4. The van der Waals surface area contributed by atoms with E-state index in [2.05, 4.69) is 14.9 Å². The van der Waals surface area contributed by atoms with E-state index in [1.54, 1.807) is 30.3 Å². The quantitative estimate of drug-likeness (QED) is 0.575. The van der Waals surface area contributed by atoms with Crippen LogP contribution in [-0.4, -0.2) is 77.8 Å². The van der Waals surface area contributed by atoms with Crippen LogP contribution in [0.4, 0.5) is 29.3 Å². The molecule has 1 aliphatic carbocycles. The van der Waals surface area contributed by atoms with Gasteiger partial charge in [0, 0.05) is 58.4 Å². The van der Waals surface area contributed by atoms with Gasteiger partial charge in [0.1, 0.15) is 0 Å². The summed E-state index contributed by atoms with van der Waals surface area (Å²) in [5, 5.41) is 4.14. The first-order valence-electron chi connectivity index (χ1n) is 13.2. The molecule has 11 heteroatoms. The summed E-state index contributed by atoms with van der Waals surface area (Å²) in [4.78, 5) is 32.0. The molecule has 3 heterocycles. The Balaban J connectivity index is 1.22. The Morgan fingerprint density at radius 2 is 1.74 bits per heavy atom. The van der Waals surface area contributed by atoms with Crippen LogP contribution >= 0.6 is 0 Å². The number of alkyl halides is 3. The Morgan fingerprint density at radius 1 is 1.08 bits per heavy atom. The van der Waals surface area contributed by atoms with Gasteiger partial charge in [-0.05, 0) is 68.3 Å². The molecular weight excluding hydrogens is 497 g/mol. The van der Waals surface area contributed by atoms with Crippen LogP contribution in [0.5, 0.6) is 0 Å². The Kier molecular flexibility index (Phi) is 7.15. The van der Waals surface area contributed by atoms with Crippen LogP contribution in [0.15, 0.2) is 30.6 Å². The second-order valence-corrected chi connectivity index (χ2v) is 11.0. The van der Waals surface area contributed by atoms with E-state index in [4.69, 9.17) is 0 Å². The lowest BCUT2D eigenvalue weighted by Gasteiger charge is -2.28. The molecule has 1 saturated carbocycles. The van der Waals surface area contributed by atoms with Gasteiger partial charge in [0.2, 0.25) is 5.91 Å². The highest BCUT2D eigenvalue weighted by molar-refractivity contribution is 5.91. The molecule has 0 N–H and O–H groups in total. The van der Waals surface area contributed by atoms with Gasteiger partial charge in [-0.15, -0.1) is 0 Å². The van der Waals surface area contributed by atoms with Crippen LogP contribution in [-0.2, 0) is 17.5 Å². The summed E-state index contributed by atoms with van der Waals surface area (Å²) in [5.74, 6) is 0.465. The molecule has 0 unspecified atom stereocenters. The van der Waals surface area contributed by atoms with Gasteiger partial charge in [-0.2, -0.15) is 23.0 Å². The van der Waals surface area contributed by atoms with Gasteiger partial charge in [-0.1, -0.05) is 0 Å². The molecule has 0 bridgehead atoms. The number of carbonyl (C=O) groups is 2. The number of benzene rings is 1. The van der Waals surface area contributed by atoms with Crippen molar-refractivity contribution in [3.63, 3.8) is 0 Å². The van der Waals surface area contributed by atoms with E-state index in [-0.39, 0.29) is 24.5 Å². The van der Waals surface area contributed by atoms with Gasteiger partial charge in [-0.25, -0.2) is 4.79 Å². The monoisotopic (exact) mass is 532 g/mol. The van der Waals surface area contributed by atoms with Crippen LogP contribution in [0.25, 0.3) is 0 Å². The van der Waals surface area contributed by atoms with E-state index in [9.17, 15) is 22.8 Å². The van der Waals surface area contributed by atoms with Gasteiger partial charge < -0.3 is 14.7 Å². The number of halogens is 3. The van der Waals surface area contributed by atoms with Crippen molar-refractivity contribution in [3.8, 4) is 0 Å². The molecule has 2 aromatic rings. The molecule has 8 nitrogen and oxygen atoms in total. The molecule has 3 fully saturated rings. The summed E-state index contributed by atoms with van der Waals surface area (Å²) >= 11 is 0. The Labute approximate surface area is 221 Å². The molecule has 206 valence electrons. The molecule has 1 aromatic heterocycles. The van der Waals surface area contributed by atoms with Gasteiger partial charge >= 0.3 is 12.2 Å². The first-order chi connectivity index (χ1) is 18.0. The topological polar surface area (TPSA) is 64.9 Å². The standard InChI is InChI=1S/C27H35F3N6O2/c1-18(37)33(3)24-13-31-36(17-24)26(38)35-15-19-10-23(11-20(19)16-35)32(2)14-21-12-22(34-8-4-5-9-34)6-7-25(21)27(28,29)30/h6-7,12-13,17,19-20,23H,4-5,8-11,14-16H2,1-3H3/t19-,20+,23-. The third-order valence-electron chi connectivity index (χ3n) is 8.53. The van der Waals surface area contributed by atoms with E-state index in [0.29, 0.717) is 36.2 Å². The van der Waals surface area contributed by atoms with Crippen LogP contribution in [0.3, 0.4) is 0 Å². The fourth-order valence-corrected chi connectivity index (χ4v) is 6.26. The van der Waals surface area contributed by atoms with Gasteiger partial charge in [0.05, 0.1) is 23.6 Å². The molecule has 3 atom stereocenters. The first kappa shape index (κ1) is 26.5. The lowest BCUT2D eigenvalue weighted by atomic mass is 10.0. The van der Waals surface area contributed by atoms with Crippen LogP contribution in [0.1, 0.15) is 43.7 Å². The second kappa shape index (κ2) is 10.2. The van der Waals surface area contributed by atoms with Crippen LogP contribution < -0.4 is 9.80 Å². The predicted molar refractivity (Wildman–Crippen MR) is 138 cm³/mol. The Hall–Kier alpha value is -3.08. The summed E-state index contributed by atoms with van der Waals surface area (Å²) in [5.41, 5.74) is 1.19. The van der Waals surface area contributed by atoms with E-state index in [1.165, 1.54) is 28.8 Å². The van der Waals surface area contributed by atoms with E-state index in [1.807, 2.05) is 7.05 Å². The Morgan fingerprint density at radius 3 is 2.34 bits per heavy atom. The van der Waals surface area contributed by atoms with Crippen molar-refractivity contribution >= 4 is 23.3 Å². The van der Waals surface area contributed by atoms with Crippen molar-refractivity contribution < 1.29 is 22.8 Å². The fourth-order valence-electron chi connectivity index (χ4n) is 6.26. The zero-order valence-corrected chi connectivity index (χ0v) is 22.1. The number of amides is 2. The largest absolute Gasteiger partial charge is 0.416 e. The summed E-state index contributed by atoms with van der Waals surface area (Å²) in [6, 6.07) is 4.51. The predicted octanol–water partition coefficient (Wildman–Crippen LogP) is 4.30. The smallest absolute Gasteiger partial charge is 0.372 e. The average molecular weight is 533 g/mol. The minimum Gasteiger partial charge on any atom is -0.372 e. The van der Waals surface area contributed by atoms with Crippen LogP contribution in [0.2, 0.25) is 0 Å². The summed E-state index contributed by atoms with van der Waals surface area (Å²) in [6.07, 6.45) is 2.48. The summed E-state index contributed by atoms with van der Waals surface area (Å²) in [6.45, 7) is 4.66. The number of likely N-dealkylation sites (tertiary alicyclic amines) is 1. The van der Waals surface area contributed by atoms with Gasteiger partial charge in [0.25, 0.3) is 0 Å². The molecule has 2 amide bonds. The lowest BCUT2D eigenvalue weighted by Crippen LogP contribution is -2.36. The van der Waals surface area contributed by atoms with Crippen molar-refractivity contribution in [2.75, 3.05) is 50.1 Å². The SMILES string of the molecule is CC(=O)N(C)c1cnn(C(=O)N2C[C@H]3C[C@@H](N(C)Cc4cc(N5CCCC5)ccc4C(F)(F)F)C[C@H]3C2)c1. The molecule has 38 heavy (non-hydrogen) atoms. The van der Waals surface area contributed by atoms with Crippen LogP contribution in [0, 0.1) is 11.8 Å². The molecule has 0 spiro atoms. The number of rotatable bonds is 5. The molecule has 5 rings (SSSR count). The lowest BCUT2D eigenvalue weighted by molar-refractivity contribution is -0.138. The summed E-state index contributed by atoms with van der Waals surface area (Å²) in [7, 11) is 3.54. The van der Waals surface area contributed by atoms with E-state index in [0.717, 1.165) is 44.5 Å². The zero-order chi connectivity index (χ0) is 27.2. The van der Waals surface area contributed by atoms with Crippen molar-refractivity contribution in [2.45, 2.75) is 51.4 Å². The number of carbonyl (C=O) groups excluding carboxylic acids is 2. The molecule has 1 aromatic carbocycles. The van der Waals surface area contributed by atoms with Crippen molar-refractivity contribution in [3.05, 3.63) is 41.7 Å². The summed E-state index contributed by atoms with van der Waals surface area (Å²) < 4.78 is 42.7. The van der Waals surface area contributed by atoms with Gasteiger partial charge in [0.15, 0.2) is 0 Å². The zero-order valence-electron chi connectivity index (χ0n) is 22.1. The highest BCUT2D eigenvalue weighted by Gasteiger charge is 2.44. The highest BCUT2D eigenvalue weighted by Crippen LogP contribution is 2.41. The first-order valence-corrected chi connectivity index (χ1v) is 13.2. The van der Waals surface area contributed by atoms with E-state index >= 15 is 0 Å². The second-order valence-electron chi connectivity index (χ2n) is 11.0.